The molecule has 1 unspecified atom stereocenters. The molecule has 122 valence electrons. The predicted molar refractivity (Wildman–Crippen MR) is 97.4 cm³/mol. The average molecular weight is 338 g/mol. The number of amides is 1. The van der Waals surface area contributed by atoms with Gasteiger partial charge in [-0.25, -0.2) is 4.98 Å². The van der Waals surface area contributed by atoms with Gasteiger partial charge < -0.3 is 4.74 Å². The first kappa shape index (κ1) is 16.2. The van der Waals surface area contributed by atoms with Gasteiger partial charge >= 0.3 is 0 Å². The highest BCUT2D eigenvalue weighted by molar-refractivity contribution is 7.14. The van der Waals surface area contributed by atoms with E-state index < -0.39 is 6.10 Å². The SMILES string of the molecule is Cc1ccc(-c2csc(NC(=O)C(C)Oc3ccccc3)n2)cc1. The number of para-hydroxylation sites is 1. The molecule has 1 atom stereocenters. The topological polar surface area (TPSA) is 51.2 Å². The number of carbonyl (C=O) groups excluding carboxylic acids is 1. The lowest BCUT2D eigenvalue weighted by Crippen LogP contribution is -2.30. The molecule has 0 aliphatic carbocycles. The van der Waals surface area contributed by atoms with Gasteiger partial charge in [0.25, 0.3) is 5.91 Å². The van der Waals surface area contributed by atoms with E-state index in [0.29, 0.717) is 10.9 Å². The van der Waals surface area contributed by atoms with Crippen LogP contribution in [0.3, 0.4) is 0 Å². The van der Waals surface area contributed by atoms with Crippen LogP contribution in [0.2, 0.25) is 0 Å². The van der Waals surface area contributed by atoms with Gasteiger partial charge in [0, 0.05) is 10.9 Å². The Morgan fingerprint density at radius 3 is 2.54 bits per heavy atom. The normalized spacial score (nSPS) is 11.8. The van der Waals surface area contributed by atoms with Crippen molar-refractivity contribution >= 4 is 22.4 Å². The molecule has 0 fully saturated rings. The fraction of sp³-hybridized carbons (Fsp3) is 0.158. The highest BCUT2D eigenvalue weighted by atomic mass is 32.1. The minimum atomic E-state index is -0.598. The summed E-state index contributed by atoms with van der Waals surface area (Å²) in [5.41, 5.74) is 3.09. The summed E-state index contributed by atoms with van der Waals surface area (Å²) in [6.45, 7) is 3.77. The van der Waals surface area contributed by atoms with Crippen molar-refractivity contribution in [3.63, 3.8) is 0 Å². The maximum absolute atomic E-state index is 12.2. The van der Waals surface area contributed by atoms with Crippen LogP contribution in [0, 0.1) is 6.92 Å². The molecular weight excluding hydrogens is 320 g/mol. The molecule has 0 aliphatic rings. The van der Waals surface area contributed by atoms with Crippen LogP contribution in [0.1, 0.15) is 12.5 Å². The average Bonchev–Trinajstić information content (AvgIpc) is 3.05. The van der Waals surface area contributed by atoms with Crippen LogP contribution in [0.25, 0.3) is 11.3 Å². The van der Waals surface area contributed by atoms with E-state index in [0.717, 1.165) is 11.3 Å². The Morgan fingerprint density at radius 1 is 1.12 bits per heavy atom. The minimum Gasteiger partial charge on any atom is -0.481 e. The van der Waals surface area contributed by atoms with E-state index in [4.69, 9.17) is 4.74 Å². The fourth-order valence-electron chi connectivity index (χ4n) is 2.15. The predicted octanol–water partition coefficient (Wildman–Crippen LogP) is 4.52. The first-order valence-corrected chi connectivity index (χ1v) is 8.55. The zero-order valence-corrected chi connectivity index (χ0v) is 14.3. The van der Waals surface area contributed by atoms with Gasteiger partial charge in [0.2, 0.25) is 0 Å². The molecular formula is C19H18N2O2S. The lowest BCUT2D eigenvalue weighted by atomic mass is 10.1. The van der Waals surface area contributed by atoms with E-state index in [1.165, 1.54) is 16.9 Å². The van der Waals surface area contributed by atoms with E-state index in [-0.39, 0.29) is 5.91 Å². The number of aryl methyl sites for hydroxylation is 1. The Bertz CT molecular complexity index is 813. The number of ether oxygens (including phenoxy) is 1. The largest absolute Gasteiger partial charge is 0.481 e. The van der Waals surface area contributed by atoms with Crippen molar-refractivity contribution in [2.45, 2.75) is 20.0 Å². The summed E-state index contributed by atoms with van der Waals surface area (Å²) < 4.78 is 5.62. The number of rotatable bonds is 5. The van der Waals surface area contributed by atoms with Crippen LogP contribution in [-0.4, -0.2) is 17.0 Å². The van der Waals surface area contributed by atoms with Crippen molar-refractivity contribution in [2.75, 3.05) is 5.32 Å². The Labute approximate surface area is 145 Å². The third kappa shape index (κ3) is 4.00. The summed E-state index contributed by atoms with van der Waals surface area (Å²) in [5.74, 6) is 0.447. The maximum atomic E-state index is 12.2. The number of thiazole rings is 1. The van der Waals surface area contributed by atoms with E-state index in [2.05, 4.69) is 10.3 Å². The third-order valence-electron chi connectivity index (χ3n) is 3.51. The summed E-state index contributed by atoms with van der Waals surface area (Å²) in [6.07, 6.45) is -0.598. The number of hydrogen-bond donors (Lipinski definition) is 1. The first-order valence-electron chi connectivity index (χ1n) is 7.67. The standard InChI is InChI=1S/C19H18N2O2S/c1-13-8-10-15(11-9-13)17-12-24-19(20-17)21-18(22)14(2)23-16-6-4-3-5-7-16/h3-12,14H,1-2H3,(H,20,21,22). The molecule has 1 heterocycles. The number of nitrogens with zero attached hydrogens (tertiary/aromatic N) is 1. The van der Waals surface area contributed by atoms with Crippen molar-refractivity contribution in [3.8, 4) is 17.0 Å². The molecule has 4 nitrogen and oxygen atoms in total. The van der Waals surface area contributed by atoms with Gasteiger partial charge in [0.15, 0.2) is 11.2 Å². The molecule has 24 heavy (non-hydrogen) atoms. The van der Waals surface area contributed by atoms with E-state index in [1.54, 1.807) is 6.92 Å². The number of hydrogen-bond acceptors (Lipinski definition) is 4. The zero-order chi connectivity index (χ0) is 16.9. The fourth-order valence-corrected chi connectivity index (χ4v) is 2.87. The zero-order valence-electron chi connectivity index (χ0n) is 13.5. The van der Waals surface area contributed by atoms with Gasteiger partial charge in [-0.05, 0) is 26.0 Å². The Morgan fingerprint density at radius 2 is 1.83 bits per heavy atom. The second-order valence-corrected chi connectivity index (χ2v) is 6.32. The summed E-state index contributed by atoms with van der Waals surface area (Å²) >= 11 is 1.40. The number of aromatic nitrogens is 1. The Hall–Kier alpha value is -2.66. The van der Waals surface area contributed by atoms with Crippen molar-refractivity contribution in [1.29, 1.82) is 0 Å². The monoisotopic (exact) mass is 338 g/mol. The lowest BCUT2D eigenvalue weighted by molar-refractivity contribution is -0.122. The summed E-state index contributed by atoms with van der Waals surface area (Å²) in [7, 11) is 0. The highest BCUT2D eigenvalue weighted by Gasteiger charge is 2.16. The number of benzene rings is 2. The minimum absolute atomic E-state index is 0.219. The molecule has 1 aromatic heterocycles. The van der Waals surface area contributed by atoms with Gasteiger partial charge in [-0.2, -0.15) is 0 Å². The molecule has 1 amide bonds. The lowest BCUT2D eigenvalue weighted by Gasteiger charge is -2.13. The van der Waals surface area contributed by atoms with Crippen LogP contribution in [0.5, 0.6) is 5.75 Å². The van der Waals surface area contributed by atoms with Crippen molar-refractivity contribution in [3.05, 3.63) is 65.5 Å². The highest BCUT2D eigenvalue weighted by Crippen LogP contribution is 2.25. The van der Waals surface area contributed by atoms with Crippen LogP contribution in [0.4, 0.5) is 5.13 Å². The molecule has 0 aliphatic heterocycles. The second kappa shape index (κ2) is 7.27. The van der Waals surface area contributed by atoms with E-state index in [9.17, 15) is 4.79 Å². The third-order valence-corrected chi connectivity index (χ3v) is 4.26. The van der Waals surface area contributed by atoms with Crippen LogP contribution < -0.4 is 10.1 Å². The Balaban J connectivity index is 1.63. The summed E-state index contributed by atoms with van der Waals surface area (Å²) in [4.78, 5) is 16.7. The van der Waals surface area contributed by atoms with Gasteiger partial charge in [-0.15, -0.1) is 11.3 Å². The molecule has 2 aromatic carbocycles. The molecule has 0 saturated heterocycles. The number of nitrogens with one attached hydrogen (secondary N) is 1. The van der Waals surface area contributed by atoms with Crippen LogP contribution in [-0.2, 0) is 4.79 Å². The van der Waals surface area contributed by atoms with Crippen LogP contribution >= 0.6 is 11.3 Å². The van der Waals surface area contributed by atoms with E-state index in [1.807, 2.05) is 66.9 Å². The molecule has 0 bridgehead atoms. The number of carbonyl (C=O) groups is 1. The first-order chi connectivity index (χ1) is 11.6. The van der Waals surface area contributed by atoms with Gasteiger partial charge in [-0.1, -0.05) is 48.0 Å². The smallest absolute Gasteiger partial charge is 0.266 e. The molecule has 0 spiro atoms. The van der Waals surface area contributed by atoms with Gasteiger partial charge in [0.1, 0.15) is 5.75 Å². The van der Waals surface area contributed by atoms with Crippen molar-refractivity contribution < 1.29 is 9.53 Å². The molecule has 0 saturated carbocycles. The van der Waals surface area contributed by atoms with Crippen molar-refractivity contribution in [1.82, 2.24) is 4.98 Å². The summed E-state index contributed by atoms with van der Waals surface area (Å²) in [6, 6.07) is 17.4. The quantitative estimate of drug-likeness (QED) is 0.744. The van der Waals surface area contributed by atoms with Crippen molar-refractivity contribution in [2.24, 2.45) is 0 Å². The number of anilines is 1. The van der Waals surface area contributed by atoms with Gasteiger partial charge in [-0.3, -0.25) is 10.1 Å². The summed E-state index contributed by atoms with van der Waals surface area (Å²) in [5, 5.41) is 5.31. The van der Waals surface area contributed by atoms with E-state index >= 15 is 0 Å². The Kier molecular flexibility index (Phi) is 4.91. The van der Waals surface area contributed by atoms with Gasteiger partial charge in [0.05, 0.1) is 5.69 Å². The molecule has 0 radical (unpaired) electrons. The molecule has 5 heteroatoms. The molecule has 3 aromatic rings. The molecule has 1 N–H and O–H groups in total. The second-order valence-electron chi connectivity index (χ2n) is 5.47. The van der Waals surface area contributed by atoms with Crippen LogP contribution in [0.15, 0.2) is 60.0 Å². The maximum Gasteiger partial charge on any atom is 0.266 e. The molecule has 3 rings (SSSR count).